The number of fused-ring (bicyclic) bond motifs is 9. The van der Waals surface area contributed by atoms with E-state index in [1.807, 2.05) is 30.3 Å². The van der Waals surface area contributed by atoms with E-state index in [4.69, 9.17) is 19.4 Å². The summed E-state index contributed by atoms with van der Waals surface area (Å²) in [6.07, 6.45) is 5.91. The number of furan rings is 1. The number of para-hydroxylation sites is 1. The molecule has 0 N–H and O–H groups in total. The minimum atomic E-state index is -0.0302. The molecular weight excluding hydrogens is 673 g/mol. The van der Waals surface area contributed by atoms with Crippen LogP contribution >= 0.6 is 0 Å². The SMILES string of the molecule is N#Cc1ccc2c(c1)C1(CCCCC1)c1cccc(-c3ccc(-c4nc(-c5ccc6ccccc6c5)nc(-c5ccc6c(c5)oc5ccccc56)n4)cc3)c1-2. The van der Waals surface area contributed by atoms with Crippen molar-refractivity contribution in [1.29, 1.82) is 5.26 Å². The van der Waals surface area contributed by atoms with Crippen molar-refractivity contribution in [3.05, 3.63) is 162 Å². The van der Waals surface area contributed by atoms with Gasteiger partial charge in [-0.2, -0.15) is 5.26 Å². The monoisotopic (exact) mass is 706 g/mol. The number of nitriles is 1. The predicted molar refractivity (Wildman–Crippen MR) is 220 cm³/mol. The fourth-order valence-corrected chi connectivity index (χ4v) is 9.30. The molecule has 55 heavy (non-hydrogen) atoms. The molecule has 5 nitrogen and oxygen atoms in total. The molecule has 1 spiro atoms. The summed E-state index contributed by atoms with van der Waals surface area (Å²) in [6.45, 7) is 0. The van der Waals surface area contributed by atoms with Crippen molar-refractivity contribution in [2.45, 2.75) is 37.5 Å². The number of hydrogen-bond donors (Lipinski definition) is 0. The van der Waals surface area contributed by atoms with Crippen LogP contribution in [0.4, 0.5) is 0 Å². The fourth-order valence-electron chi connectivity index (χ4n) is 9.30. The van der Waals surface area contributed by atoms with Crippen molar-refractivity contribution in [2.24, 2.45) is 0 Å². The van der Waals surface area contributed by atoms with Gasteiger partial charge in [-0.15, -0.1) is 0 Å². The standard InChI is InChI=1S/C50H34N4O/c51-30-31-15-23-41-43(27-31)50(25-6-1-7-26-50)42-13-8-12-38(46(41)42)33-17-19-34(20-18-33)47-52-48(36-21-16-32-9-2-3-10-35(32)28-36)54-49(53-47)37-22-24-40-39-11-4-5-14-44(39)55-45(40)29-37/h2-5,8-24,27-29H,1,6-7,25-26H2. The van der Waals surface area contributed by atoms with Crippen LogP contribution in [0.15, 0.2) is 150 Å². The molecule has 0 saturated heterocycles. The molecule has 0 amide bonds. The van der Waals surface area contributed by atoms with E-state index in [-0.39, 0.29) is 5.41 Å². The maximum atomic E-state index is 9.83. The average molecular weight is 707 g/mol. The first-order valence-electron chi connectivity index (χ1n) is 19.1. The molecule has 2 heterocycles. The van der Waals surface area contributed by atoms with Crippen molar-refractivity contribution in [1.82, 2.24) is 15.0 Å². The maximum Gasteiger partial charge on any atom is 0.164 e. The Morgan fingerprint density at radius 3 is 1.98 bits per heavy atom. The quantitative estimate of drug-likeness (QED) is 0.182. The summed E-state index contributed by atoms with van der Waals surface area (Å²) in [4.78, 5) is 15.3. The number of nitrogens with zero attached hydrogens (tertiary/aromatic N) is 4. The lowest BCUT2D eigenvalue weighted by Gasteiger charge is -2.36. The van der Waals surface area contributed by atoms with Gasteiger partial charge in [0.25, 0.3) is 0 Å². The Labute approximate surface area is 318 Å². The van der Waals surface area contributed by atoms with Gasteiger partial charge in [0.1, 0.15) is 11.2 Å². The van der Waals surface area contributed by atoms with Gasteiger partial charge in [-0.25, -0.2) is 15.0 Å². The van der Waals surface area contributed by atoms with E-state index in [1.54, 1.807) is 0 Å². The Morgan fingerprint density at radius 1 is 0.491 bits per heavy atom. The largest absolute Gasteiger partial charge is 0.456 e. The van der Waals surface area contributed by atoms with Crippen molar-refractivity contribution < 1.29 is 4.42 Å². The smallest absolute Gasteiger partial charge is 0.164 e. The van der Waals surface area contributed by atoms with E-state index >= 15 is 0 Å². The molecule has 0 unspecified atom stereocenters. The lowest BCUT2D eigenvalue weighted by Crippen LogP contribution is -2.28. The highest BCUT2D eigenvalue weighted by molar-refractivity contribution is 6.05. The molecule has 0 atom stereocenters. The van der Waals surface area contributed by atoms with Crippen molar-refractivity contribution in [3.8, 4) is 62.5 Å². The highest BCUT2D eigenvalue weighted by atomic mass is 16.3. The molecule has 260 valence electrons. The van der Waals surface area contributed by atoms with Crippen molar-refractivity contribution in [2.75, 3.05) is 0 Å². The first-order chi connectivity index (χ1) is 27.1. The van der Waals surface area contributed by atoms with E-state index in [0.29, 0.717) is 17.5 Å². The van der Waals surface area contributed by atoms with Crippen LogP contribution in [0.3, 0.4) is 0 Å². The summed E-state index contributed by atoms with van der Waals surface area (Å²) in [7, 11) is 0. The van der Waals surface area contributed by atoms with Crippen LogP contribution in [-0.2, 0) is 5.41 Å². The van der Waals surface area contributed by atoms with Gasteiger partial charge in [0, 0.05) is 32.9 Å². The van der Waals surface area contributed by atoms with Gasteiger partial charge in [0.05, 0.1) is 11.6 Å². The van der Waals surface area contributed by atoms with E-state index in [2.05, 4.69) is 121 Å². The molecule has 9 aromatic rings. The molecule has 7 aromatic carbocycles. The molecule has 1 saturated carbocycles. The number of hydrogen-bond acceptors (Lipinski definition) is 5. The minimum absolute atomic E-state index is 0.0302. The number of benzene rings is 7. The van der Waals surface area contributed by atoms with Crippen LogP contribution < -0.4 is 0 Å². The zero-order valence-corrected chi connectivity index (χ0v) is 30.1. The molecule has 5 heteroatoms. The van der Waals surface area contributed by atoms with E-state index < -0.39 is 0 Å². The van der Waals surface area contributed by atoms with E-state index in [0.717, 1.165) is 68.0 Å². The van der Waals surface area contributed by atoms with Gasteiger partial charge in [-0.1, -0.05) is 128 Å². The molecule has 0 bridgehead atoms. The van der Waals surface area contributed by atoms with Gasteiger partial charge in [0.15, 0.2) is 17.5 Å². The summed E-state index contributed by atoms with van der Waals surface area (Å²) >= 11 is 0. The van der Waals surface area contributed by atoms with Gasteiger partial charge in [-0.3, -0.25) is 0 Å². The van der Waals surface area contributed by atoms with Crippen LogP contribution in [-0.4, -0.2) is 15.0 Å². The Morgan fingerprint density at radius 2 is 1.16 bits per heavy atom. The third kappa shape index (κ3) is 5.02. The van der Waals surface area contributed by atoms with E-state index in [9.17, 15) is 5.26 Å². The molecule has 11 rings (SSSR count). The zero-order chi connectivity index (χ0) is 36.5. The Balaban J connectivity index is 1.04. The lowest BCUT2D eigenvalue weighted by atomic mass is 9.67. The first kappa shape index (κ1) is 31.6. The highest BCUT2D eigenvalue weighted by Crippen LogP contribution is 2.58. The van der Waals surface area contributed by atoms with Gasteiger partial charge >= 0.3 is 0 Å². The summed E-state index contributed by atoms with van der Waals surface area (Å²) in [5, 5.41) is 14.3. The summed E-state index contributed by atoms with van der Waals surface area (Å²) in [5.41, 5.74) is 12.7. The predicted octanol–water partition coefficient (Wildman–Crippen LogP) is 12.7. The topological polar surface area (TPSA) is 75.6 Å². The number of aromatic nitrogens is 3. The number of rotatable bonds is 4. The molecule has 0 aliphatic heterocycles. The van der Waals surface area contributed by atoms with Gasteiger partial charge in [0.2, 0.25) is 0 Å². The summed E-state index contributed by atoms with van der Waals surface area (Å²) in [6, 6.07) is 53.2. The highest BCUT2D eigenvalue weighted by Gasteiger charge is 2.44. The van der Waals surface area contributed by atoms with Crippen LogP contribution in [0.1, 0.15) is 48.8 Å². The molecule has 0 radical (unpaired) electrons. The van der Waals surface area contributed by atoms with Crippen molar-refractivity contribution >= 4 is 32.7 Å². The van der Waals surface area contributed by atoms with Crippen LogP contribution in [0.2, 0.25) is 0 Å². The minimum Gasteiger partial charge on any atom is -0.456 e. The molecule has 1 fully saturated rings. The summed E-state index contributed by atoms with van der Waals surface area (Å²) < 4.78 is 6.26. The van der Waals surface area contributed by atoms with Crippen LogP contribution in [0.25, 0.3) is 89.1 Å². The molecule has 2 aliphatic carbocycles. The normalized spacial score (nSPS) is 14.3. The van der Waals surface area contributed by atoms with E-state index in [1.165, 1.54) is 52.5 Å². The second-order valence-corrected chi connectivity index (χ2v) is 15.0. The van der Waals surface area contributed by atoms with Gasteiger partial charge < -0.3 is 4.42 Å². The maximum absolute atomic E-state index is 9.83. The first-order valence-corrected chi connectivity index (χ1v) is 19.1. The average Bonchev–Trinajstić information content (AvgIpc) is 3.76. The second-order valence-electron chi connectivity index (χ2n) is 15.0. The molecule has 2 aromatic heterocycles. The zero-order valence-electron chi connectivity index (χ0n) is 30.1. The third-order valence-electron chi connectivity index (χ3n) is 12.0. The van der Waals surface area contributed by atoms with Crippen LogP contribution in [0.5, 0.6) is 0 Å². The van der Waals surface area contributed by atoms with Gasteiger partial charge in [-0.05, 0) is 93.4 Å². The van der Waals surface area contributed by atoms with Crippen molar-refractivity contribution in [3.63, 3.8) is 0 Å². The molecular formula is C50H34N4O. The molecule has 2 aliphatic rings. The second kappa shape index (κ2) is 12.3. The third-order valence-corrected chi connectivity index (χ3v) is 12.0. The Hall–Kier alpha value is -6.90. The summed E-state index contributed by atoms with van der Waals surface area (Å²) in [5.74, 6) is 1.82. The lowest BCUT2D eigenvalue weighted by molar-refractivity contribution is 0.353. The Bertz CT molecular complexity index is 3040. The Kier molecular flexibility index (Phi) is 7.09. The fraction of sp³-hybridized carbons (Fsp3) is 0.120. The van der Waals surface area contributed by atoms with Crippen LogP contribution in [0, 0.1) is 11.3 Å².